The van der Waals surface area contributed by atoms with Gasteiger partial charge >= 0.3 is 0 Å². The van der Waals surface area contributed by atoms with Crippen LogP contribution in [-0.2, 0) is 13.0 Å². The first kappa shape index (κ1) is 12.0. The second-order valence-electron chi connectivity index (χ2n) is 3.80. The molecular formula is C12H21N3. The molecule has 3 nitrogen and oxygen atoms in total. The number of hydrogen-bond donors (Lipinski definition) is 1. The topological polar surface area (TPSA) is 29.9 Å². The molecular weight excluding hydrogens is 186 g/mol. The van der Waals surface area contributed by atoms with Gasteiger partial charge in [0.25, 0.3) is 0 Å². The predicted octanol–water partition coefficient (Wildman–Crippen LogP) is 2.30. The largest absolute Gasteiger partial charge is 0.308 e. The van der Waals surface area contributed by atoms with E-state index in [2.05, 4.69) is 41.6 Å². The fourth-order valence-corrected chi connectivity index (χ4v) is 1.79. The van der Waals surface area contributed by atoms with Gasteiger partial charge in [0.2, 0.25) is 0 Å². The molecule has 0 amide bonds. The molecule has 1 rings (SSSR count). The lowest BCUT2D eigenvalue weighted by molar-refractivity contribution is 0.555. The summed E-state index contributed by atoms with van der Waals surface area (Å²) in [5, 5.41) is 7.80. The highest BCUT2D eigenvalue weighted by Gasteiger charge is 2.15. The van der Waals surface area contributed by atoms with Crippen LogP contribution in [0.5, 0.6) is 0 Å². The minimum Gasteiger partial charge on any atom is -0.308 e. The SMILES string of the molecule is C=C(C)C(NC)c1cc(CC)nn1CC. The van der Waals surface area contributed by atoms with Gasteiger partial charge in [0, 0.05) is 6.54 Å². The summed E-state index contributed by atoms with van der Waals surface area (Å²) in [6.07, 6.45) is 0.979. The fourth-order valence-electron chi connectivity index (χ4n) is 1.79. The van der Waals surface area contributed by atoms with E-state index in [1.807, 2.05) is 14.0 Å². The van der Waals surface area contributed by atoms with E-state index < -0.39 is 0 Å². The Bertz CT molecular complexity index is 339. The zero-order valence-corrected chi connectivity index (χ0v) is 10.2. The second-order valence-corrected chi connectivity index (χ2v) is 3.80. The Morgan fingerprint density at radius 2 is 2.27 bits per heavy atom. The van der Waals surface area contributed by atoms with Gasteiger partial charge in [-0.1, -0.05) is 19.1 Å². The summed E-state index contributed by atoms with van der Waals surface area (Å²) in [6, 6.07) is 2.37. The van der Waals surface area contributed by atoms with Gasteiger partial charge < -0.3 is 5.32 Å². The third-order valence-corrected chi connectivity index (χ3v) is 2.60. The molecule has 84 valence electrons. The highest BCUT2D eigenvalue weighted by molar-refractivity contribution is 5.22. The maximum absolute atomic E-state index is 4.53. The smallest absolute Gasteiger partial charge is 0.0700 e. The first-order valence-corrected chi connectivity index (χ1v) is 5.53. The van der Waals surface area contributed by atoms with E-state index in [9.17, 15) is 0 Å². The minimum atomic E-state index is 0.206. The van der Waals surface area contributed by atoms with Gasteiger partial charge in [0.05, 0.1) is 17.4 Å². The summed E-state index contributed by atoms with van der Waals surface area (Å²) in [7, 11) is 1.96. The molecule has 1 aromatic rings. The first-order valence-electron chi connectivity index (χ1n) is 5.53. The maximum Gasteiger partial charge on any atom is 0.0700 e. The standard InChI is InChI=1S/C12H21N3/c1-6-10-8-11(15(7-2)14-10)12(13-5)9(3)4/h8,12-13H,3,6-7H2,1-2,4-5H3. The molecule has 0 saturated heterocycles. The molecule has 1 atom stereocenters. The Morgan fingerprint density at radius 3 is 2.67 bits per heavy atom. The molecule has 1 unspecified atom stereocenters. The number of rotatable bonds is 5. The number of aromatic nitrogens is 2. The number of nitrogens with zero attached hydrogens (tertiary/aromatic N) is 2. The van der Waals surface area contributed by atoms with Crippen molar-refractivity contribution in [2.45, 2.75) is 39.8 Å². The van der Waals surface area contributed by atoms with E-state index in [4.69, 9.17) is 0 Å². The Hall–Kier alpha value is -1.09. The molecule has 0 fully saturated rings. The normalized spacial score (nSPS) is 12.8. The van der Waals surface area contributed by atoms with Crippen LogP contribution in [0, 0.1) is 0 Å². The Labute approximate surface area is 92.2 Å². The lowest BCUT2D eigenvalue weighted by atomic mass is 10.1. The van der Waals surface area contributed by atoms with Crippen LogP contribution in [0.15, 0.2) is 18.2 Å². The summed E-state index contributed by atoms with van der Waals surface area (Å²) in [5.41, 5.74) is 3.48. The molecule has 0 spiro atoms. The molecule has 0 bridgehead atoms. The molecule has 0 aliphatic heterocycles. The van der Waals surface area contributed by atoms with Gasteiger partial charge in [-0.15, -0.1) is 0 Å². The van der Waals surface area contributed by atoms with Crippen molar-refractivity contribution in [1.29, 1.82) is 0 Å². The summed E-state index contributed by atoms with van der Waals surface area (Å²) >= 11 is 0. The molecule has 0 aliphatic rings. The summed E-state index contributed by atoms with van der Waals surface area (Å²) in [6.45, 7) is 11.2. The van der Waals surface area contributed by atoms with Gasteiger partial charge in [-0.3, -0.25) is 4.68 Å². The molecule has 0 radical (unpaired) electrons. The third kappa shape index (κ3) is 2.48. The van der Waals surface area contributed by atoms with Gasteiger partial charge in [0.1, 0.15) is 0 Å². The number of aryl methyl sites for hydroxylation is 2. The van der Waals surface area contributed by atoms with E-state index in [1.54, 1.807) is 0 Å². The van der Waals surface area contributed by atoms with E-state index in [1.165, 1.54) is 5.69 Å². The zero-order valence-electron chi connectivity index (χ0n) is 10.2. The molecule has 1 heterocycles. The first-order chi connectivity index (χ1) is 7.13. The molecule has 0 aromatic carbocycles. The van der Waals surface area contributed by atoms with Crippen molar-refractivity contribution >= 4 is 0 Å². The molecule has 15 heavy (non-hydrogen) atoms. The number of nitrogens with one attached hydrogen (secondary N) is 1. The highest BCUT2D eigenvalue weighted by atomic mass is 15.3. The van der Waals surface area contributed by atoms with Crippen molar-refractivity contribution < 1.29 is 0 Å². The molecule has 0 saturated carbocycles. The molecule has 1 aromatic heterocycles. The lowest BCUT2D eigenvalue weighted by Gasteiger charge is -2.17. The summed E-state index contributed by atoms with van der Waals surface area (Å²) in [4.78, 5) is 0. The van der Waals surface area contributed by atoms with E-state index in [-0.39, 0.29) is 6.04 Å². The number of hydrogen-bond acceptors (Lipinski definition) is 2. The van der Waals surface area contributed by atoms with Crippen molar-refractivity contribution in [3.63, 3.8) is 0 Å². The van der Waals surface area contributed by atoms with Crippen LogP contribution in [0.2, 0.25) is 0 Å². The van der Waals surface area contributed by atoms with Gasteiger partial charge in [0.15, 0.2) is 0 Å². The average Bonchev–Trinajstić information content (AvgIpc) is 2.61. The summed E-state index contributed by atoms with van der Waals surface area (Å²) < 4.78 is 2.05. The lowest BCUT2D eigenvalue weighted by Crippen LogP contribution is -2.20. The van der Waals surface area contributed by atoms with Crippen molar-refractivity contribution in [3.8, 4) is 0 Å². The van der Waals surface area contributed by atoms with Crippen LogP contribution >= 0.6 is 0 Å². The van der Waals surface area contributed by atoms with Crippen LogP contribution in [-0.4, -0.2) is 16.8 Å². The molecule has 0 aliphatic carbocycles. The Kier molecular flexibility index (Phi) is 4.09. The van der Waals surface area contributed by atoms with Gasteiger partial charge in [-0.05, 0) is 33.4 Å². The van der Waals surface area contributed by atoms with Crippen molar-refractivity contribution in [3.05, 3.63) is 29.6 Å². The summed E-state index contributed by atoms with van der Waals surface area (Å²) in [5.74, 6) is 0. The fraction of sp³-hybridized carbons (Fsp3) is 0.583. The molecule has 1 N–H and O–H groups in total. The zero-order chi connectivity index (χ0) is 11.4. The quantitative estimate of drug-likeness (QED) is 0.751. The Balaban J connectivity index is 3.09. The molecule has 3 heteroatoms. The van der Waals surface area contributed by atoms with Crippen molar-refractivity contribution in [2.24, 2.45) is 0 Å². The minimum absolute atomic E-state index is 0.206. The maximum atomic E-state index is 4.53. The van der Waals surface area contributed by atoms with Crippen LogP contribution < -0.4 is 5.32 Å². The van der Waals surface area contributed by atoms with Crippen LogP contribution in [0.25, 0.3) is 0 Å². The van der Waals surface area contributed by atoms with Gasteiger partial charge in [-0.2, -0.15) is 5.10 Å². The second kappa shape index (κ2) is 5.12. The van der Waals surface area contributed by atoms with E-state index in [0.717, 1.165) is 24.2 Å². The van der Waals surface area contributed by atoms with Crippen molar-refractivity contribution in [1.82, 2.24) is 15.1 Å². The van der Waals surface area contributed by atoms with Crippen LogP contribution in [0.3, 0.4) is 0 Å². The van der Waals surface area contributed by atoms with Gasteiger partial charge in [-0.25, -0.2) is 0 Å². The van der Waals surface area contributed by atoms with Crippen LogP contribution in [0.4, 0.5) is 0 Å². The van der Waals surface area contributed by atoms with Crippen LogP contribution in [0.1, 0.15) is 38.2 Å². The van der Waals surface area contributed by atoms with E-state index >= 15 is 0 Å². The van der Waals surface area contributed by atoms with Crippen molar-refractivity contribution in [2.75, 3.05) is 7.05 Å². The predicted molar refractivity (Wildman–Crippen MR) is 63.9 cm³/mol. The van der Waals surface area contributed by atoms with E-state index in [0.29, 0.717) is 0 Å². The highest BCUT2D eigenvalue weighted by Crippen LogP contribution is 2.20. The third-order valence-electron chi connectivity index (χ3n) is 2.60. The average molecular weight is 207 g/mol. The Morgan fingerprint density at radius 1 is 1.60 bits per heavy atom. The number of likely N-dealkylation sites (N-methyl/N-ethyl adjacent to an activating group) is 1. The monoisotopic (exact) mass is 207 g/mol.